The molecule has 3 aromatic heterocycles. The van der Waals surface area contributed by atoms with Crippen molar-refractivity contribution in [3.8, 4) is 11.4 Å². The molecule has 1 aliphatic heterocycles. The Balaban J connectivity index is 1.42. The smallest absolute Gasteiger partial charge is 0.274 e. The summed E-state index contributed by atoms with van der Waals surface area (Å²) in [4.78, 5) is 35.7. The van der Waals surface area contributed by atoms with E-state index in [1.165, 1.54) is 6.20 Å². The highest BCUT2D eigenvalue weighted by Crippen LogP contribution is 2.26. The zero-order valence-electron chi connectivity index (χ0n) is 15.2. The molecule has 1 aliphatic rings. The van der Waals surface area contributed by atoms with Crippen LogP contribution in [0.5, 0.6) is 0 Å². The second kappa shape index (κ2) is 7.61. The number of imidazole rings is 1. The Morgan fingerprint density at radius 1 is 1.04 bits per heavy atom. The molecule has 1 saturated heterocycles. The predicted molar refractivity (Wildman–Crippen MR) is 98.6 cm³/mol. The van der Waals surface area contributed by atoms with Gasteiger partial charge in [-0.2, -0.15) is 0 Å². The summed E-state index contributed by atoms with van der Waals surface area (Å²) >= 11 is 0. The fraction of sp³-hybridized carbons (Fsp3) is 0.368. The number of hydrogen-bond donors (Lipinski definition) is 0. The molecule has 1 fully saturated rings. The maximum atomic E-state index is 12.5. The van der Waals surface area contributed by atoms with E-state index in [4.69, 9.17) is 0 Å². The Bertz CT molecular complexity index is 917. The second-order valence-corrected chi connectivity index (χ2v) is 6.77. The molecule has 0 saturated carbocycles. The van der Waals surface area contributed by atoms with Gasteiger partial charge in [0.1, 0.15) is 11.4 Å². The number of likely N-dealkylation sites (tertiary alicyclic amines) is 1. The van der Waals surface area contributed by atoms with Gasteiger partial charge in [0.25, 0.3) is 5.91 Å². The van der Waals surface area contributed by atoms with Gasteiger partial charge in [-0.15, -0.1) is 0 Å². The first kappa shape index (κ1) is 17.3. The first-order valence-electron chi connectivity index (χ1n) is 9.04. The zero-order chi connectivity index (χ0) is 18.6. The summed E-state index contributed by atoms with van der Waals surface area (Å²) in [6.07, 6.45) is 14.4. The van der Waals surface area contributed by atoms with Crippen molar-refractivity contribution in [2.24, 2.45) is 13.0 Å². The minimum absolute atomic E-state index is 0.0448. The molecule has 0 N–H and O–H groups in total. The van der Waals surface area contributed by atoms with Crippen molar-refractivity contribution < 1.29 is 4.79 Å². The Hall–Kier alpha value is -3.16. The molecule has 3 aromatic rings. The van der Waals surface area contributed by atoms with Gasteiger partial charge >= 0.3 is 0 Å². The number of rotatable bonds is 4. The van der Waals surface area contributed by atoms with E-state index in [1.54, 1.807) is 31.1 Å². The molecule has 4 heterocycles. The fourth-order valence-corrected chi connectivity index (χ4v) is 3.50. The lowest BCUT2D eigenvalue weighted by atomic mass is 9.91. The van der Waals surface area contributed by atoms with Gasteiger partial charge in [-0.1, -0.05) is 0 Å². The van der Waals surface area contributed by atoms with E-state index < -0.39 is 0 Å². The zero-order valence-corrected chi connectivity index (χ0v) is 15.2. The molecule has 0 radical (unpaired) electrons. The predicted octanol–water partition coefficient (Wildman–Crippen LogP) is 1.76. The number of hydrogen-bond acceptors (Lipinski definition) is 6. The summed E-state index contributed by atoms with van der Waals surface area (Å²) < 4.78 is 1.95. The van der Waals surface area contributed by atoms with E-state index in [1.807, 2.05) is 22.7 Å². The maximum absolute atomic E-state index is 12.5. The van der Waals surface area contributed by atoms with Crippen molar-refractivity contribution in [3.05, 3.63) is 54.9 Å². The van der Waals surface area contributed by atoms with Crippen molar-refractivity contribution >= 4 is 5.91 Å². The molecule has 0 spiro atoms. The average molecular weight is 363 g/mol. The number of aryl methyl sites for hydroxylation is 1. The van der Waals surface area contributed by atoms with Gasteiger partial charge in [-0.25, -0.2) is 9.97 Å². The Morgan fingerprint density at radius 3 is 2.52 bits per heavy atom. The minimum atomic E-state index is -0.0448. The molecular weight excluding hydrogens is 342 g/mol. The first-order valence-corrected chi connectivity index (χ1v) is 9.04. The number of carbonyl (C=O) groups excluding carboxylic acids is 1. The van der Waals surface area contributed by atoms with Gasteiger partial charge < -0.3 is 9.47 Å². The molecule has 0 aliphatic carbocycles. The summed E-state index contributed by atoms with van der Waals surface area (Å²) in [5.41, 5.74) is 3.24. The van der Waals surface area contributed by atoms with Gasteiger partial charge in [-0.3, -0.25) is 19.7 Å². The standard InChI is InChI=1S/C19H21N7O/c1-25-13-21-12-17(25)18-15(22-6-7-24-18)10-14-2-8-26(9-3-14)19(27)16-11-20-4-5-23-16/h4-7,11-14H,2-3,8-10H2,1H3. The normalized spacial score (nSPS) is 15.1. The van der Waals surface area contributed by atoms with Gasteiger partial charge in [0.05, 0.1) is 30.1 Å². The third-order valence-corrected chi connectivity index (χ3v) is 5.00. The molecule has 27 heavy (non-hydrogen) atoms. The number of piperidine rings is 1. The highest BCUT2D eigenvalue weighted by molar-refractivity contribution is 5.92. The highest BCUT2D eigenvalue weighted by atomic mass is 16.2. The molecule has 0 unspecified atom stereocenters. The number of nitrogens with zero attached hydrogens (tertiary/aromatic N) is 7. The lowest BCUT2D eigenvalue weighted by Crippen LogP contribution is -2.39. The van der Waals surface area contributed by atoms with Crippen LogP contribution in [0, 0.1) is 5.92 Å². The largest absolute Gasteiger partial charge is 0.337 e. The van der Waals surface area contributed by atoms with E-state index in [-0.39, 0.29) is 5.91 Å². The summed E-state index contributed by atoms with van der Waals surface area (Å²) in [7, 11) is 1.96. The molecule has 8 nitrogen and oxygen atoms in total. The molecule has 0 atom stereocenters. The number of aromatic nitrogens is 6. The van der Waals surface area contributed by atoms with E-state index in [2.05, 4.69) is 24.9 Å². The fourth-order valence-electron chi connectivity index (χ4n) is 3.50. The van der Waals surface area contributed by atoms with Crippen LogP contribution in [0.3, 0.4) is 0 Å². The SMILES string of the molecule is Cn1cncc1-c1nccnc1CC1CCN(C(=O)c2cnccn2)CC1. The van der Waals surface area contributed by atoms with Crippen molar-refractivity contribution in [2.45, 2.75) is 19.3 Å². The Morgan fingerprint density at radius 2 is 1.81 bits per heavy atom. The number of carbonyl (C=O) groups is 1. The average Bonchev–Trinajstić information content (AvgIpc) is 3.15. The Labute approximate surface area is 157 Å². The maximum Gasteiger partial charge on any atom is 0.274 e. The quantitative estimate of drug-likeness (QED) is 0.702. The molecule has 0 aromatic carbocycles. The van der Waals surface area contributed by atoms with Crippen LogP contribution in [0.1, 0.15) is 29.0 Å². The van der Waals surface area contributed by atoms with Gasteiger partial charge in [0.2, 0.25) is 0 Å². The second-order valence-electron chi connectivity index (χ2n) is 6.77. The molecule has 4 rings (SSSR count). The third-order valence-electron chi connectivity index (χ3n) is 5.00. The van der Waals surface area contributed by atoms with Crippen LogP contribution in [0.2, 0.25) is 0 Å². The molecule has 8 heteroatoms. The summed E-state index contributed by atoms with van der Waals surface area (Å²) in [5, 5.41) is 0. The van der Waals surface area contributed by atoms with Crippen molar-refractivity contribution in [1.29, 1.82) is 0 Å². The molecule has 138 valence electrons. The molecule has 0 bridgehead atoms. The van der Waals surface area contributed by atoms with Crippen LogP contribution in [-0.4, -0.2) is 53.4 Å². The van der Waals surface area contributed by atoms with Crippen LogP contribution in [0.15, 0.2) is 43.5 Å². The van der Waals surface area contributed by atoms with E-state index in [9.17, 15) is 4.79 Å². The van der Waals surface area contributed by atoms with E-state index >= 15 is 0 Å². The highest BCUT2D eigenvalue weighted by Gasteiger charge is 2.26. The van der Waals surface area contributed by atoms with Crippen LogP contribution in [-0.2, 0) is 13.5 Å². The minimum Gasteiger partial charge on any atom is -0.337 e. The number of amides is 1. The van der Waals surface area contributed by atoms with E-state index in [0.29, 0.717) is 11.6 Å². The lowest BCUT2D eigenvalue weighted by molar-refractivity contribution is 0.0684. The van der Waals surface area contributed by atoms with Crippen LogP contribution in [0.25, 0.3) is 11.4 Å². The van der Waals surface area contributed by atoms with Crippen molar-refractivity contribution in [1.82, 2.24) is 34.4 Å². The van der Waals surface area contributed by atoms with Gasteiger partial charge in [0, 0.05) is 44.9 Å². The van der Waals surface area contributed by atoms with Crippen molar-refractivity contribution in [3.63, 3.8) is 0 Å². The van der Waals surface area contributed by atoms with Crippen molar-refractivity contribution in [2.75, 3.05) is 13.1 Å². The molecule has 1 amide bonds. The Kier molecular flexibility index (Phi) is 4.86. The topological polar surface area (TPSA) is 89.7 Å². The van der Waals surface area contributed by atoms with Crippen LogP contribution >= 0.6 is 0 Å². The molecular formula is C19H21N7O. The summed E-state index contributed by atoms with van der Waals surface area (Å²) in [5.74, 6) is 0.427. The van der Waals surface area contributed by atoms with Gasteiger partial charge in [0.15, 0.2) is 0 Å². The van der Waals surface area contributed by atoms with Gasteiger partial charge in [-0.05, 0) is 25.2 Å². The monoisotopic (exact) mass is 363 g/mol. The first-order chi connectivity index (χ1) is 13.2. The third kappa shape index (κ3) is 3.69. The van der Waals surface area contributed by atoms with E-state index in [0.717, 1.165) is 49.4 Å². The summed E-state index contributed by atoms with van der Waals surface area (Å²) in [6.45, 7) is 1.45. The van der Waals surface area contributed by atoms with Crippen LogP contribution < -0.4 is 0 Å². The lowest BCUT2D eigenvalue weighted by Gasteiger charge is -2.31. The van der Waals surface area contributed by atoms with Crippen LogP contribution in [0.4, 0.5) is 0 Å². The summed E-state index contributed by atoms with van der Waals surface area (Å²) in [6, 6.07) is 0.